The predicted molar refractivity (Wildman–Crippen MR) is 141 cm³/mol. The molecular formula is C28H36N4O4. The van der Waals surface area contributed by atoms with Gasteiger partial charge >= 0.3 is 5.97 Å². The number of methoxy groups -OCH3 is 1. The molecule has 0 spiro atoms. The fourth-order valence-electron chi connectivity index (χ4n) is 4.86. The quantitative estimate of drug-likeness (QED) is 0.392. The van der Waals surface area contributed by atoms with Gasteiger partial charge in [0, 0.05) is 24.6 Å². The Bertz CT molecular complexity index is 1200. The van der Waals surface area contributed by atoms with Crippen molar-refractivity contribution in [3.05, 3.63) is 53.9 Å². The summed E-state index contributed by atoms with van der Waals surface area (Å²) in [4.78, 5) is 30.9. The van der Waals surface area contributed by atoms with Crippen LogP contribution in [0.5, 0.6) is 0 Å². The zero-order valence-corrected chi connectivity index (χ0v) is 21.5. The first-order chi connectivity index (χ1) is 17.4. The third-order valence-corrected chi connectivity index (χ3v) is 6.53. The highest BCUT2D eigenvalue weighted by Crippen LogP contribution is 2.34. The molecule has 1 fully saturated rings. The van der Waals surface area contributed by atoms with Crippen LogP contribution in [0.15, 0.2) is 42.6 Å². The number of hydrogen-bond acceptors (Lipinski definition) is 6. The minimum atomic E-state index is -0.512. The average Bonchev–Trinajstić information content (AvgIpc) is 3.49. The van der Waals surface area contributed by atoms with Gasteiger partial charge in [0.15, 0.2) is 5.69 Å². The topological polar surface area (TPSA) is 94.5 Å². The smallest absolute Gasteiger partial charge is 0.356 e. The van der Waals surface area contributed by atoms with Gasteiger partial charge in [-0.05, 0) is 43.7 Å². The van der Waals surface area contributed by atoms with E-state index in [0.717, 1.165) is 17.7 Å². The number of esters is 1. The SMILES string of the molecule is COC(=O)c1c(NC(=O)[C@@H]2CCOC2)c2cc(N[C@@H](C)CC(C)C)cnc2n1CCc1ccccc1. The summed E-state index contributed by atoms with van der Waals surface area (Å²) in [5, 5.41) is 7.25. The van der Waals surface area contributed by atoms with Crippen molar-refractivity contribution < 1.29 is 19.1 Å². The molecule has 2 N–H and O–H groups in total. The summed E-state index contributed by atoms with van der Waals surface area (Å²) in [6.07, 6.45) is 4.15. The number of nitrogens with zero attached hydrogens (tertiary/aromatic N) is 2. The van der Waals surface area contributed by atoms with Crippen LogP contribution in [0.25, 0.3) is 11.0 Å². The first kappa shape index (κ1) is 25.7. The third kappa shape index (κ3) is 5.87. The molecule has 4 rings (SSSR count). The number of ether oxygens (including phenoxy) is 2. The van der Waals surface area contributed by atoms with Gasteiger partial charge in [0.05, 0.1) is 37.2 Å². The predicted octanol–water partition coefficient (Wildman–Crippen LogP) is 4.89. The molecule has 1 saturated heterocycles. The maximum absolute atomic E-state index is 13.1. The number of anilines is 2. The molecule has 2 atom stereocenters. The number of rotatable bonds is 10. The van der Waals surface area contributed by atoms with E-state index in [4.69, 9.17) is 14.5 Å². The van der Waals surface area contributed by atoms with Crippen LogP contribution in [0, 0.1) is 11.8 Å². The van der Waals surface area contributed by atoms with Crippen molar-refractivity contribution in [3.8, 4) is 0 Å². The molecular weight excluding hydrogens is 456 g/mol. The van der Waals surface area contributed by atoms with Crippen molar-refractivity contribution in [2.24, 2.45) is 11.8 Å². The minimum Gasteiger partial charge on any atom is -0.464 e. The lowest BCUT2D eigenvalue weighted by atomic mass is 10.1. The first-order valence-electron chi connectivity index (χ1n) is 12.7. The van der Waals surface area contributed by atoms with Gasteiger partial charge < -0.3 is 24.7 Å². The van der Waals surface area contributed by atoms with Crippen molar-refractivity contribution in [1.82, 2.24) is 9.55 Å². The zero-order chi connectivity index (χ0) is 25.7. The molecule has 2 aromatic heterocycles. The van der Waals surface area contributed by atoms with Crippen LogP contribution in [0.1, 0.15) is 49.7 Å². The Labute approximate surface area is 212 Å². The first-order valence-corrected chi connectivity index (χ1v) is 12.7. The molecule has 0 saturated carbocycles. The van der Waals surface area contributed by atoms with Crippen LogP contribution in [-0.2, 0) is 27.2 Å². The summed E-state index contributed by atoms with van der Waals surface area (Å²) in [5.74, 6) is -0.371. The van der Waals surface area contributed by atoms with Crippen molar-refractivity contribution in [2.75, 3.05) is 31.0 Å². The normalized spacial score (nSPS) is 16.3. The number of hydrogen-bond donors (Lipinski definition) is 2. The fraction of sp³-hybridized carbons (Fsp3) is 0.464. The Morgan fingerprint density at radius 1 is 1.22 bits per heavy atom. The minimum absolute atomic E-state index is 0.161. The highest BCUT2D eigenvalue weighted by molar-refractivity contribution is 6.11. The fourth-order valence-corrected chi connectivity index (χ4v) is 4.86. The molecule has 1 aromatic carbocycles. The second-order valence-corrected chi connectivity index (χ2v) is 9.92. The molecule has 0 bridgehead atoms. The molecule has 0 aliphatic carbocycles. The number of aromatic nitrogens is 2. The van der Waals surface area contributed by atoms with E-state index in [0.29, 0.717) is 60.9 Å². The standard InChI is InChI=1S/C28H36N4O4/c1-18(2)14-19(3)30-22-15-23-24(31-27(33)21-11-13-36-17-21)25(28(34)35-4)32(26(23)29-16-22)12-10-20-8-6-5-7-9-20/h5-9,15-16,18-19,21,30H,10-14,17H2,1-4H3,(H,31,33)/t19-,21+/m0/s1. The summed E-state index contributed by atoms with van der Waals surface area (Å²) in [5.41, 5.74) is 3.35. The van der Waals surface area contributed by atoms with Crippen molar-refractivity contribution in [2.45, 2.75) is 52.6 Å². The van der Waals surface area contributed by atoms with Gasteiger partial charge in [-0.15, -0.1) is 0 Å². The van der Waals surface area contributed by atoms with Gasteiger partial charge in [-0.1, -0.05) is 44.2 Å². The molecule has 1 aliphatic rings. The van der Waals surface area contributed by atoms with E-state index in [1.165, 1.54) is 7.11 Å². The molecule has 0 radical (unpaired) electrons. The highest BCUT2D eigenvalue weighted by atomic mass is 16.5. The van der Waals surface area contributed by atoms with E-state index in [1.807, 2.05) is 28.8 Å². The van der Waals surface area contributed by atoms with Gasteiger partial charge in [-0.2, -0.15) is 0 Å². The lowest BCUT2D eigenvalue weighted by Crippen LogP contribution is -2.24. The third-order valence-electron chi connectivity index (χ3n) is 6.53. The number of aryl methyl sites for hydroxylation is 2. The molecule has 36 heavy (non-hydrogen) atoms. The van der Waals surface area contributed by atoms with Crippen molar-refractivity contribution in [1.29, 1.82) is 0 Å². The van der Waals surface area contributed by atoms with Crippen LogP contribution < -0.4 is 10.6 Å². The molecule has 0 unspecified atom stereocenters. The van der Waals surface area contributed by atoms with E-state index in [9.17, 15) is 9.59 Å². The summed E-state index contributed by atoms with van der Waals surface area (Å²) >= 11 is 0. The molecule has 192 valence electrons. The van der Waals surface area contributed by atoms with Crippen LogP contribution >= 0.6 is 0 Å². The van der Waals surface area contributed by atoms with Gasteiger partial charge in [-0.25, -0.2) is 9.78 Å². The summed E-state index contributed by atoms with van der Waals surface area (Å²) in [6, 6.07) is 12.3. The lowest BCUT2D eigenvalue weighted by molar-refractivity contribution is -0.119. The van der Waals surface area contributed by atoms with Crippen LogP contribution in [0.2, 0.25) is 0 Å². The Morgan fingerprint density at radius 2 is 2.00 bits per heavy atom. The number of carbonyl (C=O) groups is 2. The number of benzene rings is 1. The maximum Gasteiger partial charge on any atom is 0.356 e. The number of fused-ring (bicyclic) bond motifs is 1. The molecule has 1 aliphatic heterocycles. The Hall–Kier alpha value is -3.39. The van der Waals surface area contributed by atoms with Crippen molar-refractivity contribution >= 4 is 34.3 Å². The van der Waals surface area contributed by atoms with Gasteiger partial charge in [0.1, 0.15) is 5.65 Å². The lowest BCUT2D eigenvalue weighted by Gasteiger charge is -2.17. The van der Waals surface area contributed by atoms with Gasteiger partial charge in [0.2, 0.25) is 5.91 Å². The zero-order valence-electron chi connectivity index (χ0n) is 21.5. The molecule has 8 nitrogen and oxygen atoms in total. The summed E-state index contributed by atoms with van der Waals surface area (Å²) in [6.45, 7) is 7.97. The van der Waals surface area contributed by atoms with Crippen LogP contribution in [0.4, 0.5) is 11.4 Å². The average molecular weight is 493 g/mol. The second kappa shape index (κ2) is 11.6. The Morgan fingerprint density at radius 3 is 2.67 bits per heavy atom. The molecule has 8 heteroatoms. The van der Waals surface area contributed by atoms with Crippen LogP contribution in [-0.4, -0.2) is 47.8 Å². The summed E-state index contributed by atoms with van der Waals surface area (Å²) in [7, 11) is 1.35. The molecule has 3 heterocycles. The number of pyridine rings is 1. The molecule has 1 amide bonds. The molecule has 3 aromatic rings. The summed E-state index contributed by atoms with van der Waals surface area (Å²) < 4.78 is 12.4. The van der Waals surface area contributed by atoms with Gasteiger partial charge in [-0.3, -0.25) is 4.79 Å². The van der Waals surface area contributed by atoms with E-state index in [-0.39, 0.29) is 17.9 Å². The van der Waals surface area contributed by atoms with Gasteiger partial charge in [0.25, 0.3) is 0 Å². The maximum atomic E-state index is 13.1. The number of amides is 1. The Balaban J connectivity index is 1.77. The second-order valence-electron chi connectivity index (χ2n) is 9.92. The largest absolute Gasteiger partial charge is 0.464 e. The van der Waals surface area contributed by atoms with Crippen molar-refractivity contribution in [3.63, 3.8) is 0 Å². The van der Waals surface area contributed by atoms with E-state index < -0.39 is 5.97 Å². The Kier molecular flexibility index (Phi) is 8.25. The van der Waals surface area contributed by atoms with E-state index in [2.05, 4.69) is 43.5 Å². The van der Waals surface area contributed by atoms with E-state index >= 15 is 0 Å². The highest BCUT2D eigenvalue weighted by Gasteiger charge is 2.30. The van der Waals surface area contributed by atoms with Crippen LogP contribution in [0.3, 0.4) is 0 Å². The number of carbonyl (C=O) groups excluding carboxylic acids is 2. The monoisotopic (exact) mass is 492 g/mol. The van der Waals surface area contributed by atoms with E-state index in [1.54, 1.807) is 6.20 Å². The number of nitrogens with one attached hydrogen (secondary N) is 2.